The van der Waals surface area contributed by atoms with Gasteiger partial charge in [0.05, 0.1) is 0 Å². The predicted molar refractivity (Wildman–Crippen MR) is 75.6 cm³/mol. The van der Waals surface area contributed by atoms with Crippen molar-refractivity contribution in [2.75, 3.05) is 19.6 Å². The van der Waals surface area contributed by atoms with Crippen LogP contribution in [0.15, 0.2) is 18.5 Å². The number of aryl methyl sites for hydroxylation is 1. The maximum atomic E-state index is 4.16. The number of likely N-dealkylation sites (tertiary alicyclic amines) is 1. The largest absolute Gasteiger partial charge is 0.313 e. The van der Waals surface area contributed by atoms with Gasteiger partial charge in [-0.1, -0.05) is 6.92 Å². The Morgan fingerprint density at radius 3 is 3.17 bits per heavy atom. The highest BCUT2D eigenvalue weighted by atomic mass is 15.2. The molecule has 2 heterocycles. The Bertz CT molecular complexity index is 365. The van der Waals surface area contributed by atoms with Gasteiger partial charge in [-0.25, -0.2) is 0 Å². The van der Waals surface area contributed by atoms with Gasteiger partial charge >= 0.3 is 0 Å². The van der Waals surface area contributed by atoms with Crippen LogP contribution in [0.25, 0.3) is 0 Å². The van der Waals surface area contributed by atoms with Gasteiger partial charge in [0, 0.05) is 31.5 Å². The lowest BCUT2D eigenvalue weighted by Crippen LogP contribution is -2.45. The zero-order valence-electron chi connectivity index (χ0n) is 11.7. The number of hydrogen-bond donors (Lipinski definition) is 1. The summed E-state index contributed by atoms with van der Waals surface area (Å²) < 4.78 is 0. The molecule has 0 spiro atoms. The first-order valence-corrected chi connectivity index (χ1v) is 7.15. The lowest BCUT2D eigenvalue weighted by molar-refractivity contribution is 0.183. The molecule has 3 heteroatoms. The molecule has 1 aromatic rings. The second kappa shape index (κ2) is 6.86. The van der Waals surface area contributed by atoms with Gasteiger partial charge in [-0.15, -0.1) is 0 Å². The minimum atomic E-state index is 0.681. The molecule has 0 radical (unpaired) electrons. The van der Waals surface area contributed by atoms with E-state index in [-0.39, 0.29) is 0 Å². The van der Waals surface area contributed by atoms with E-state index in [0.29, 0.717) is 6.04 Å². The van der Waals surface area contributed by atoms with E-state index in [2.05, 4.69) is 35.1 Å². The Labute approximate surface area is 111 Å². The van der Waals surface area contributed by atoms with E-state index in [1.54, 1.807) is 0 Å². The van der Waals surface area contributed by atoms with Crippen LogP contribution < -0.4 is 5.32 Å². The van der Waals surface area contributed by atoms with Crippen LogP contribution in [0.3, 0.4) is 0 Å². The maximum Gasteiger partial charge on any atom is 0.0300 e. The zero-order chi connectivity index (χ0) is 12.8. The molecule has 18 heavy (non-hydrogen) atoms. The number of nitrogens with one attached hydrogen (secondary N) is 1. The SMILES string of the molecule is CCCNC1CCCN(Cc2ccncc2C)C1. The molecule has 1 N–H and O–H groups in total. The molecule has 2 rings (SSSR count). The fourth-order valence-corrected chi connectivity index (χ4v) is 2.63. The molecule has 0 amide bonds. The highest BCUT2D eigenvalue weighted by Gasteiger charge is 2.19. The highest BCUT2D eigenvalue weighted by Crippen LogP contribution is 2.15. The monoisotopic (exact) mass is 247 g/mol. The minimum Gasteiger partial charge on any atom is -0.313 e. The molecule has 1 aliphatic rings. The topological polar surface area (TPSA) is 28.2 Å². The van der Waals surface area contributed by atoms with Crippen molar-refractivity contribution in [1.82, 2.24) is 15.2 Å². The van der Waals surface area contributed by atoms with E-state index in [1.165, 1.54) is 43.5 Å². The van der Waals surface area contributed by atoms with E-state index in [0.717, 1.165) is 13.1 Å². The Balaban J connectivity index is 1.87. The second-order valence-electron chi connectivity index (χ2n) is 5.33. The number of nitrogens with zero attached hydrogens (tertiary/aromatic N) is 2. The first-order chi connectivity index (χ1) is 8.79. The third-order valence-corrected chi connectivity index (χ3v) is 3.72. The molecule has 0 aliphatic carbocycles. The summed E-state index contributed by atoms with van der Waals surface area (Å²) in [6.07, 6.45) is 7.72. The Kier molecular flexibility index (Phi) is 5.14. The summed E-state index contributed by atoms with van der Waals surface area (Å²) in [5, 5.41) is 3.65. The van der Waals surface area contributed by atoms with Crippen LogP contribution >= 0.6 is 0 Å². The molecule has 0 saturated carbocycles. The van der Waals surface area contributed by atoms with Crippen LogP contribution in [-0.4, -0.2) is 35.6 Å². The van der Waals surface area contributed by atoms with Crippen LogP contribution in [-0.2, 0) is 6.54 Å². The van der Waals surface area contributed by atoms with Crippen molar-refractivity contribution in [2.24, 2.45) is 0 Å². The van der Waals surface area contributed by atoms with Gasteiger partial charge in [0.1, 0.15) is 0 Å². The standard InChI is InChI=1S/C15H25N3/c1-3-7-17-15-5-4-9-18(12-15)11-14-6-8-16-10-13(14)2/h6,8,10,15,17H,3-5,7,9,11-12H2,1-2H3. The van der Waals surface area contributed by atoms with Gasteiger partial charge in [0.25, 0.3) is 0 Å². The maximum absolute atomic E-state index is 4.16. The van der Waals surface area contributed by atoms with Gasteiger partial charge < -0.3 is 5.32 Å². The van der Waals surface area contributed by atoms with Crippen molar-refractivity contribution in [3.8, 4) is 0 Å². The molecule has 1 aromatic heterocycles. The van der Waals surface area contributed by atoms with Crippen molar-refractivity contribution in [2.45, 2.75) is 45.7 Å². The number of rotatable bonds is 5. The zero-order valence-corrected chi connectivity index (χ0v) is 11.7. The summed E-state index contributed by atoms with van der Waals surface area (Å²) in [4.78, 5) is 6.73. The number of pyridine rings is 1. The summed E-state index contributed by atoms with van der Waals surface area (Å²) >= 11 is 0. The van der Waals surface area contributed by atoms with E-state index in [9.17, 15) is 0 Å². The first kappa shape index (κ1) is 13.5. The minimum absolute atomic E-state index is 0.681. The van der Waals surface area contributed by atoms with Crippen LogP contribution in [0.4, 0.5) is 0 Å². The Morgan fingerprint density at radius 2 is 2.39 bits per heavy atom. The molecule has 1 fully saturated rings. The van der Waals surface area contributed by atoms with E-state index in [4.69, 9.17) is 0 Å². The molecular formula is C15H25N3. The van der Waals surface area contributed by atoms with Crippen LogP contribution in [0, 0.1) is 6.92 Å². The average Bonchev–Trinajstić information content (AvgIpc) is 2.40. The number of piperidine rings is 1. The molecule has 1 atom stereocenters. The fraction of sp³-hybridized carbons (Fsp3) is 0.667. The summed E-state index contributed by atoms with van der Waals surface area (Å²) in [5.74, 6) is 0. The number of hydrogen-bond acceptors (Lipinski definition) is 3. The average molecular weight is 247 g/mol. The lowest BCUT2D eigenvalue weighted by atomic mass is 10.0. The molecule has 100 valence electrons. The smallest absolute Gasteiger partial charge is 0.0300 e. The third kappa shape index (κ3) is 3.79. The second-order valence-corrected chi connectivity index (χ2v) is 5.33. The summed E-state index contributed by atoms with van der Waals surface area (Å²) in [7, 11) is 0. The van der Waals surface area contributed by atoms with E-state index in [1.807, 2.05) is 12.4 Å². The van der Waals surface area contributed by atoms with Crippen LogP contribution in [0.1, 0.15) is 37.3 Å². The normalized spacial score (nSPS) is 21.1. The Morgan fingerprint density at radius 1 is 1.50 bits per heavy atom. The van der Waals surface area contributed by atoms with E-state index < -0.39 is 0 Å². The number of aromatic nitrogens is 1. The summed E-state index contributed by atoms with van der Waals surface area (Å²) in [5.41, 5.74) is 2.72. The Hall–Kier alpha value is -0.930. The van der Waals surface area contributed by atoms with Crippen LogP contribution in [0.2, 0.25) is 0 Å². The first-order valence-electron chi connectivity index (χ1n) is 7.15. The van der Waals surface area contributed by atoms with Crippen LogP contribution in [0.5, 0.6) is 0 Å². The van der Waals surface area contributed by atoms with E-state index >= 15 is 0 Å². The molecule has 1 unspecified atom stereocenters. The quantitative estimate of drug-likeness (QED) is 0.865. The molecule has 1 saturated heterocycles. The molecule has 3 nitrogen and oxygen atoms in total. The summed E-state index contributed by atoms with van der Waals surface area (Å²) in [6.45, 7) is 9.01. The molecular weight excluding hydrogens is 222 g/mol. The molecule has 0 aromatic carbocycles. The van der Waals surface area contributed by atoms with Crippen molar-refractivity contribution in [3.05, 3.63) is 29.6 Å². The van der Waals surface area contributed by atoms with Crippen molar-refractivity contribution in [1.29, 1.82) is 0 Å². The van der Waals surface area contributed by atoms with Gasteiger partial charge in [0.15, 0.2) is 0 Å². The third-order valence-electron chi connectivity index (χ3n) is 3.72. The van der Waals surface area contributed by atoms with Crippen molar-refractivity contribution >= 4 is 0 Å². The van der Waals surface area contributed by atoms with Gasteiger partial charge in [-0.05, 0) is 56.5 Å². The molecule has 0 bridgehead atoms. The fourth-order valence-electron chi connectivity index (χ4n) is 2.63. The van der Waals surface area contributed by atoms with Crippen molar-refractivity contribution < 1.29 is 0 Å². The molecule has 1 aliphatic heterocycles. The van der Waals surface area contributed by atoms with Gasteiger partial charge in [-0.2, -0.15) is 0 Å². The van der Waals surface area contributed by atoms with Crippen molar-refractivity contribution in [3.63, 3.8) is 0 Å². The summed E-state index contributed by atoms with van der Waals surface area (Å²) in [6, 6.07) is 2.83. The lowest BCUT2D eigenvalue weighted by Gasteiger charge is -2.33. The highest BCUT2D eigenvalue weighted by molar-refractivity contribution is 5.21. The van der Waals surface area contributed by atoms with Gasteiger partial charge in [-0.3, -0.25) is 9.88 Å². The predicted octanol–water partition coefficient (Wildman–Crippen LogP) is 2.35. The van der Waals surface area contributed by atoms with Gasteiger partial charge in [0.2, 0.25) is 0 Å².